The molecule has 1 aromatic heterocycles. The van der Waals surface area contributed by atoms with Gasteiger partial charge in [-0.3, -0.25) is 4.57 Å². The second-order valence-electron chi connectivity index (χ2n) is 5.72. The molecule has 8 nitrogen and oxygen atoms in total. The van der Waals surface area contributed by atoms with E-state index in [4.69, 9.17) is 46.5 Å². The van der Waals surface area contributed by atoms with Crippen molar-refractivity contribution in [1.29, 1.82) is 0 Å². The molecule has 0 saturated carbocycles. The average molecular weight is 464 g/mol. The summed E-state index contributed by atoms with van der Waals surface area (Å²) in [4.78, 5) is 16.2. The maximum absolute atomic E-state index is 12.2. The predicted molar refractivity (Wildman–Crippen MR) is 108 cm³/mol. The van der Waals surface area contributed by atoms with Crippen LogP contribution >= 0.6 is 30.8 Å². The van der Waals surface area contributed by atoms with Gasteiger partial charge in [0.2, 0.25) is 5.88 Å². The smallest absolute Gasteiger partial charge is 0.370 e. The molecule has 29 heavy (non-hydrogen) atoms. The quantitative estimate of drug-likeness (QED) is 0.364. The topological polar surface area (TPSA) is 93.2 Å². The van der Waals surface area contributed by atoms with Crippen LogP contribution in [0.25, 0.3) is 0 Å². The van der Waals surface area contributed by atoms with Crippen LogP contribution in [0.4, 0.5) is 0 Å². The van der Waals surface area contributed by atoms with E-state index in [1.807, 2.05) is 0 Å². The number of hydrogen-bond acceptors (Lipinski definition) is 8. The van der Waals surface area contributed by atoms with E-state index in [9.17, 15) is 9.36 Å². The number of carbonyl (C=O) groups is 1. The summed E-state index contributed by atoms with van der Waals surface area (Å²) in [6.07, 6.45) is 0.458. The third-order valence-electron chi connectivity index (χ3n) is 3.70. The molecule has 158 valence electrons. The number of hydrogen-bond donors (Lipinski definition) is 0. The Hall–Kier alpha value is -1.83. The predicted octanol–water partition coefficient (Wildman–Crippen LogP) is 5.32. The largest absolute Gasteiger partial charge is 0.479 e. The number of benzene rings is 1. The first kappa shape index (κ1) is 23.4. The average Bonchev–Trinajstić information content (AvgIpc) is 2.70. The van der Waals surface area contributed by atoms with Crippen molar-refractivity contribution < 1.29 is 32.6 Å². The summed E-state index contributed by atoms with van der Waals surface area (Å²) in [6, 6.07) is 7.95. The Balaban J connectivity index is 1.96. The number of halogens is 2. The molecule has 0 aliphatic rings. The highest BCUT2D eigenvalue weighted by molar-refractivity contribution is 7.54. The van der Waals surface area contributed by atoms with Crippen molar-refractivity contribution in [2.24, 2.45) is 0 Å². The molecule has 0 spiro atoms. The summed E-state index contributed by atoms with van der Waals surface area (Å²) in [6.45, 7) is 2.92. The number of nitrogens with zero attached hydrogens (tertiary/aromatic N) is 1. The fourth-order valence-electron chi connectivity index (χ4n) is 2.13. The third-order valence-corrected chi connectivity index (χ3v) is 6.19. The van der Waals surface area contributed by atoms with E-state index in [2.05, 4.69) is 4.98 Å². The molecule has 0 aliphatic heterocycles. The van der Waals surface area contributed by atoms with Gasteiger partial charge in [0.25, 0.3) is 0 Å². The Bertz CT molecular complexity index is 886. The van der Waals surface area contributed by atoms with Crippen molar-refractivity contribution in [3.8, 4) is 17.4 Å². The molecule has 0 saturated heterocycles. The zero-order valence-electron chi connectivity index (χ0n) is 16.1. The maximum Gasteiger partial charge on any atom is 0.370 e. The van der Waals surface area contributed by atoms with Crippen LogP contribution in [-0.4, -0.2) is 37.1 Å². The van der Waals surface area contributed by atoms with Crippen molar-refractivity contribution in [3.63, 3.8) is 0 Å². The van der Waals surface area contributed by atoms with Crippen molar-refractivity contribution in [3.05, 3.63) is 46.6 Å². The van der Waals surface area contributed by atoms with Crippen LogP contribution in [0, 0.1) is 0 Å². The Morgan fingerprint density at radius 1 is 1.07 bits per heavy atom. The fourth-order valence-corrected chi connectivity index (χ4v) is 3.52. The highest BCUT2D eigenvalue weighted by atomic mass is 35.5. The molecule has 0 aliphatic carbocycles. The van der Waals surface area contributed by atoms with Gasteiger partial charge in [-0.2, -0.15) is 0 Å². The highest BCUT2D eigenvalue weighted by Gasteiger charge is 2.35. The molecule has 0 fully saturated rings. The first-order valence-corrected chi connectivity index (χ1v) is 10.7. The van der Waals surface area contributed by atoms with Crippen molar-refractivity contribution >= 4 is 36.8 Å². The second-order valence-corrected chi connectivity index (χ2v) is 9.10. The van der Waals surface area contributed by atoms with Crippen LogP contribution in [0.15, 0.2) is 36.5 Å². The zero-order valence-corrected chi connectivity index (χ0v) is 18.5. The van der Waals surface area contributed by atoms with Gasteiger partial charge in [0.1, 0.15) is 16.5 Å². The molecule has 2 unspecified atom stereocenters. The lowest BCUT2D eigenvalue weighted by atomic mass is 10.3. The molecule has 2 atom stereocenters. The summed E-state index contributed by atoms with van der Waals surface area (Å²) < 4.78 is 38.0. The van der Waals surface area contributed by atoms with E-state index in [0.29, 0.717) is 16.5 Å². The number of esters is 1. The first-order valence-electron chi connectivity index (χ1n) is 8.35. The van der Waals surface area contributed by atoms with Gasteiger partial charge in [-0.05, 0) is 44.2 Å². The Kier molecular flexibility index (Phi) is 8.31. The van der Waals surface area contributed by atoms with Gasteiger partial charge in [0, 0.05) is 20.4 Å². The number of rotatable bonds is 9. The maximum atomic E-state index is 12.2. The van der Waals surface area contributed by atoms with Gasteiger partial charge in [0.15, 0.2) is 11.9 Å². The second kappa shape index (κ2) is 10.3. The molecule has 0 N–H and O–H groups in total. The molecule has 2 aromatic rings. The monoisotopic (exact) mass is 463 g/mol. The summed E-state index contributed by atoms with van der Waals surface area (Å²) in [5.41, 5.74) is 0. The molecule has 2 rings (SSSR count). The number of pyridine rings is 1. The Labute approximate surface area is 178 Å². The SMILES string of the molecule is COP(=O)(OC)C(C)OC(=O)C(C)Oc1ccc(Oc2ncc(Cl)cc2Cl)cc1. The minimum Gasteiger partial charge on any atom is -0.479 e. The molecule has 0 bridgehead atoms. The van der Waals surface area contributed by atoms with E-state index in [-0.39, 0.29) is 10.9 Å². The molecule has 0 amide bonds. The minimum absolute atomic E-state index is 0.205. The van der Waals surface area contributed by atoms with Gasteiger partial charge in [0.05, 0.1) is 5.02 Å². The highest BCUT2D eigenvalue weighted by Crippen LogP contribution is 2.51. The minimum atomic E-state index is -3.54. The van der Waals surface area contributed by atoms with Crippen molar-refractivity contribution in [1.82, 2.24) is 4.98 Å². The van der Waals surface area contributed by atoms with Crippen LogP contribution in [0.1, 0.15) is 13.8 Å². The number of aromatic nitrogens is 1. The lowest BCUT2D eigenvalue weighted by Crippen LogP contribution is -2.29. The summed E-state index contributed by atoms with van der Waals surface area (Å²) in [5, 5.41) is 0.668. The van der Waals surface area contributed by atoms with Gasteiger partial charge in [-0.25, -0.2) is 9.78 Å². The lowest BCUT2D eigenvalue weighted by Gasteiger charge is -2.22. The Morgan fingerprint density at radius 2 is 1.66 bits per heavy atom. The van der Waals surface area contributed by atoms with Crippen molar-refractivity contribution in [2.45, 2.75) is 25.8 Å². The molecule has 1 aromatic carbocycles. The van der Waals surface area contributed by atoms with E-state index in [1.165, 1.54) is 40.3 Å². The standard InChI is InChI=1S/C18H20Cl2NO7P/c1-11(18(22)27-12(2)29(23,24-3)25-4)26-14-5-7-15(8-6-14)28-17-16(20)9-13(19)10-21-17/h5-12H,1-4H3. The van der Waals surface area contributed by atoms with E-state index < -0.39 is 25.5 Å². The first-order chi connectivity index (χ1) is 13.7. The van der Waals surface area contributed by atoms with Crippen LogP contribution < -0.4 is 9.47 Å². The van der Waals surface area contributed by atoms with Crippen LogP contribution in [0.3, 0.4) is 0 Å². The lowest BCUT2D eigenvalue weighted by molar-refractivity contribution is -0.153. The fraction of sp³-hybridized carbons (Fsp3) is 0.333. The zero-order chi connectivity index (χ0) is 21.6. The molecule has 1 heterocycles. The van der Waals surface area contributed by atoms with E-state index in [1.54, 1.807) is 24.3 Å². The van der Waals surface area contributed by atoms with Crippen LogP contribution in [-0.2, 0) is 23.1 Å². The van der Waals surface area contributed by atoms with Gasteiger partial charge >= 0.3 is 13.6 Å². The van der Waals surface area contributed by atoms with Gasteiger partial charge < -0.3 is 23.3 Å². The number of carbonyl (C=O) groups excluding carboxylic acids is 1. The van der Waals surface area contributed by atoms with E-state index >= 15 is 0 Å². The normalized spacial score (nSPS) is 13.4. The summed E-state index contributed by atoms with van der Waals surface area (Å²) >= 11 is 11.8. The van der Waals surface area contributed by atoms with Crippen molar-refractivity contribution in [2.75, 3.05) is 14.2 Å². The summed E-state index contributed by atoms with van der Waals surface area (Å²) in [5.74, 6) is -0.741. The molecule has 0 radical (unpaired) electrons. The number of ether oxygens (including phenoxy) is 3. The van der Waals surface area contributed by atoms with Gasteiger partial charge in [-0.1, -0.05) is 23.2 Å². The summed E-state index contributed by atoms with van der Waals surface area (Å²) in [7, 11) is -1.11. The molecular weight excluding hydrogens is 444 g/mol. The van der Waals surface area contributed by atoms with E-state index in [0.717, 1.165) is 0 Å². The third kappa shape index (κ3) is 6.32. The molecule has 11 heteroatoms. The van der Waals surface area contributed by atoms with Crippen LogP contribution in [0.2, 0.25) is 10.0 Å². The Morgan fingerprint density at radius 3 is 2.21 bits per heavy atom. The molecular formula is C18H20Cl2NO7P. The van der Waals surface area contributed by atoms with Crippen LogP contribution in [0.5, 0.6) is 17.4 Å². The van der Waals surface area contributed by atoms with Gasteiger partial charge in [-0.15, -0.1) is 0 Å².